The Kier molecular flexibility index (Phi) is 6.82. The molecule has 2 amide bonds. The second-order valence-electron chi connectivity index (χ2n) is 6.67. The molecule has 6 heteroatoms. The van der Waals surface area contributed by atoms with Gasteiger partial charge in [0, 0.05) is 58.0 Å². The molecule has 0 atom stereocenters. The van der Waals surface area contributed by atoms with Crippen LogP contribution in [0.2, 0.25) is 0 Å². The summed E-state index contributed by atoms with van der Waals surface area (Å²) in [5, 5.41) is 2.89. The van der Waals surface area contributed by atoms with Crippen LogP contribution >= 0.6 is 0 Å². The molecular formula is C19H29N3O3. The van der Waals surface area contributed by atoms with E-state index in [-0.39, 0.29) is 17.7 Å². The number of anilines is 2. The maximum Gasteiger partial charge on any atom is 0.226 e. The molecule has 2 rings (SSSR count). The van der Waals surface area contributed by atoms with Gasteiger partial charge in [-0.3, -0.25) is 9.59 Å². The Balaban J connectivity index is 2.23. The van der Waals surface area contributed by atoms with Crippen molar-refractivity contribution in [3.63, 3.8) is 0 Å². The number of hydrogen-bond acceptors (Lipinski definition) is 4. The van der Waals surface area contributed by atoms with Gasteiger partial charge in [0.05, 0.1) is 6.61 Å². The molecule has 1 aliphatic rings. The van der Waals surface area contributed by atoms with Crippen molar-refractivity contribution < 1.29 is 14.3 Å². The number of nitrogens with zero attached hydrogens (tertiary/aromatic N) is 2. The molecule has 0 saturated heterocycles. The summed E-state index contributed by atoms with van der Waals surface area (Å²) < 4.78 is 5.17. The van der Waals surface area contributed by atoms with Gasteiger partial charge in [-0.25, -0.2) is 0 Å². The third-order valence-corrected chi connectivity index (χ3v) is 4.33. The van der Waals surface area contributed by atoms with E-state index in [0.717, 1.165) is 29.8 Å². The SMILES string of the molecule is CCC(=O)Nc1ccc(N(C)C)c(CN(CCOC)C(=O)C2CC2)c1. The van der Waals surface area contributed by atoms with Crippen molar-refractivity contribution in [2.24, 2.45) is 5.92 Å². The zero-order chi connectivity index (χ0) is 18.4. The fourth-order valence-electron chi connectivity index (χ4n) is 2.74. The van der Waals surface area contributed by atoms with E-state index in [4.69, 9.17) is 4.74 Å². The fourth-order valence-corrected chi connectivity index (χ4v) is 2.74. The van der Waals surface area contributed by atoms with Crippen LogP contribution in [0.1, 0.15) is 31.7 Å². The zero-order valence-corrected chi connectivity index (χ0v) is 15.7. The lowest BCUT2D eigenvalue weighted by molar-refractivity contribution is -0.133. The first-order valence-electron chi connectivity index (χ1n) is 8.84. The molecule has 25 heavy (non-hydrogen) atoms. The standard InChI is InChI=1S/C19H29N3O3/c1-5-18(23)20-16-8-9-17(21(2)3)15(12-16)13-22(10-11-25-4)19(24)14-6-7-14/h8-9,12,14H,5-7,10-11,13H2,1-4H3,(H,20,23). The number of methoxy groups -OCH3 is 1. The molecule has 1 aromatic rings. The van der Waals surface area contributed by atoms with Crippen LogP contribution in [-0.4, -0.2) is 51.1 Å². The van der Waals surface area contributed by atoms with Crippen LogP contribution in [0.15, 0.2) is 18.2 Å². The minimum atomic E-state index is -0.0196. The topological polar surface area (TPSA) is 61.9 Å². The summed E-state index contributed by atoms with van der Waals surface area (Å²) in [6, 6.07) is 5.84. The molecule has 0 bridgehead atoms. The van der Waals surface area contributed by atoms with Gasteiger partial charge in [0.1, 0.15) is 0 Å². The average Bonchev–Trinajstić information content (AvgIpc) is 3.42. The second kappa shape index (κ2) is 8.85. The monoisotopic (exact) mass is 347 g/mol. The molecule has 0 unspecified atom stereocenters. The number of carbonyl (C=O) groups is 2. The summed E-state index contributed by atoms with van der Waals surface area (Å²) in [5.74, 6) is 0.348. The van der Waals surface area contributed by atoms with E-state index in [1.54, 1.807) is 7.11 Å². The molecule has 1 aromatic carbocycles. The van der Waals surface area contributed by atoms with Crippen molar-refractivity contribution in [2.75, 3.05) is 44.6 Å². The van der Waals surface area contributed by atoms with Crippen molar-refractivity contribution in [1.29, 1.82) is 0 Å². The van der Waals surface area contributed by atoms with E-state index in [2.05, 4.69) is 5.32 Å². The molecule has 1 N–H and O–H groups in total. The first kappa shape index (κ1) is 19.2. The third kappa shape index (κ3) is 5.46. The minimum absolute atomic E-state index is 0.0196. The highest BCUT2D eigenvalue weighted by Gasteiger charge is 2.33. The number of amides is 2. The highest BCUT2D eigenvalue weighted by atomic mass is 16.5. The Morgan fingerprint density at radius 1 is 1.28 bits per heavy atom. The number of benzene rings is 1. The van der Waals surface area contributed by atoms with E-state index in [0.29, 0.717) is 26.1 Å². The molecule has 1 aliphatic carbocycles. The van der Waals surface area contributed by atoms with E-state index in [1.165, 1.54) is 0 Å². The molecule has 0 radical (unpaired) electrons. The van der Waals surface area contributed by atoms with Crippen LogP contribution in [-0.2, 0) is 20.9 Å². The molecule has 0 aromatic heterocycles. The summed E-state index contributed by atoms with van der Waals surface area (Å²) in [7, 11) is 5.60. The predicted octanol–water partition coefficient (Wildman–Crippen LogP) is 2.49. The predicted molar refractivity (Wildman–Crippen MR) is 99.7 cm³/mol. The highest BCUT2D eigenvalue weighted by Crippen LogP contribution is 2.32. The molecule has 1 saturated carbocycles. The number of nitrogens with one attached hydrogen (secondary N) is 1. The lowest BCUT2D eigenvalue weighted by atomic mass is 10.1. The first-order valence-corrected chi connectivity index (χ1v) is 8.84. The summed E-state index contributed by atoms with van der Waals surface area (Å²) in [6.07, 6.45) is 2.40. The molecule has 6 nitrogen and oxygen atoms in total. The Hall–Kier alpha value is -2.08. The maximum atomic E-state index is 12.6. The van der Waals surface area contributed by atoms with Gasteiger partial charge in [0.25, 0.3) is 0 Å². The van der Waals surface area contributed by atoms with E-state index in [9.17, 15) is 9.59 Å². The van der Waals surface area contributed by atoms with Crippen LogP contribution < -0.4 is 10.2 Å². The van der Waals surface area contributed by atoms with Gasteiger partial charge < -0.3 is 19.9 Å². The molecule has 0 aliphatic heterocycles. The van der Waals surface area contributed by atoms with Gasteiger partial charge in [0.2, 0.25) is 11.8 Å². The van der Waals surface area contributed by atoms with Gasteiger partial charge in [-0.1, -0.05) is 6.92 Å². The van der Waals surface area contributed by atoms with Crippen molar-refractivity contribution in [3.8, 4) is 0 Å². The number of ether oxygens (including phenoxy) is 1. The van der Waals surface area contributed by atoms with Crippen LogP contribution in [0.5, 0.6) is 0 Å². The third-order valence-electron chi connectivity index (χ3n) is 4.33. The smallest absolute Gasteiger partial charge is 0.226 e. The number of rotatable bonds is 9. The largest absolute Gasteiger partial charge is 0.383 e. The van der Waals surface area contributed by atoms with E-state index in [1.807, 2.05) is 49.0 Å². The van der Waals surface area contributed by atoms with Gasteiger partial charge in [-0.15, -0.1) is 0 Å². The maximum absolute atomic E-state index is 12.6. The van der Waals surface area contributed by atoms with Crippen LogP contribution in [0.25, 0.3) is 0 Å². The lowest BCUT2D eigenvalue weighted by Crippen LogP contribution is -2.35. The fraction of sp³-hybridized carbons (Fsp3) is 0.579. The first-order chi connectivity index (χ1) is 12.0. The van der Waals surface area contributed by atoms with Crippen molar-refractivity contribution in [3.05, 3.63) is 23.8 Å². The van der Waals surface area contributed by atoms with E-state index < -0.39 is 0 Å². The Labute approximate surface area is 150 Å². The summed E-state index contributed by atoms with van der Waals surface area (Å²) in [5.41, 5.74) is 2.82. The van der Waals surface area contributed by atoms with Gasteiger partial charge in [-0.05, 0) is 36.6 Å². The van der Waals surface area contributed by atoms with Crippen LogP contribution in [0, 0.1) is 5.92 Å². The Morgan fingerprint density at radius 3 is 2.56 bits per heavy atom. The van der Waals surface area contributed by atoms with Gasteiger partial charge in [-0.2, -0.15) is 0 Å². The van der Waals surface area contributed by atoms with E-state index >= 15 is 0 Å². The Bertz CT molecular complexity index is 612. The normalized spacial score (nSPS) is 13.4. The Morgan fingerprint density at radius 2 is 2.00 bits per heavy atom. The zero-order valence-electron chi connectivity index (χ0n) is 15.7. The van der Waals surface area contributed by atoms with Crippen LogP contribution in [0.3, 0.4) is 0 Å². The molecule has 0 heterocycles. The summed E-state index contributed by atoms with van der Waals surface area (Å²) in [6.45, 7) is 3.43. The van der Waals surface area contributed by atoms with Crippen molar-refractivity contribution >= 4 is 23.2 Å². The lowest BCUT2D eigenvalue weighted by Gasteiger charge is -2.26. The minimum Gasteiger partial charge on any atom is -0.383 e. The molecule has 138 valence electrons. The van der Waals surface area contributed by atoms with Crippen LogP contribution in [0.4, 0.5) is 11.4 Å². The number of carbonyl (C=O) groups excluding carboxylic acids is 2. The average molecular weight is 347 g/mol. The van der Waals surface area contributed by atoms with Gasteiger partial charge in [0.15, 0.2) is 0 Å². The second-order valence-corrected chi connectivity index (χ2v) is 6.67. The highest BCUT2D eigenvalue weighted by molar-refractivity contribution is 5.91. The molecule has 0 spiro atoms. The van der Waals surface area contributed by atoms with Crippen molar-refractivity contribution in [2.45, 2.75) is 32.7 Å². The quantitative estimate of drug-likeness (QED) is 0.745. The van der Waals surface area contributed by atoms with Gasteiger partial charge >= 0.3 is 0 Å². The van der Waals surface area contributed by atoms with Crippen molar-refractivity contribution in [1.82, 2.24) is 4.90 Å². The molecule has 1 fully saturated rings. The molecular weight excluding hydrogens is 318 g/mol. The summed E-state index contributed by atoms with van der Waals surface area (Å²) in [4.78, 5) is 28.2. The summed E-state index contributed by atoms with van der Waals surface area (Å²) >= 11 is 0. The number of hydrogen-bond donors (Lipinski definition) is 1.